The van der Waals surface area contributed by atoms with Gasteiger partial charge in [0.25, 0.3) is 11.8 Å². The van der Waals surface area contributed by atoms with E-state index in [1.165, 1.54) is 18.3 Å². The number of hydrogen-bond donors (Lipinski definition) is 1. The monoisotopic (exact) mass is 480 g/mol. The first-order chi connectivity index (χ1) is 15.2. The van der Waals surface area contributed by atoms with Gasteiger partial charge in [-0.3, -0.25) is 9.59 Å². The van der Waals surface area contributed by atoms with Crippen LogP contribution in [0.15, 0.2) is 24.4 Å². The third-order valence-electron chi connectivity index (χ3n) is 6.45. The predicted octanol–water partition coefficient (Wildman–Crippen LogP) is 2.17. The molecular formula is C21H22ClFN4O4S. The average Bonchev–Trinajstić information content (AvgIpc) is 3.68. The molecule has 2 saturated carbocycles. The minimum absolute atomic E-state index is 0.00313. The second-order valence-corrected chi connectivity index (χ2v) is 11.7. The zero-order chi connectivity index (χ0) is 22.7. The van der Waals surface area contributed by atoms with Crippen molar-refractivity contribution in [1.82, 2.24) is 19.8 Å². The molecular weight excluding hydrogens is 459 g/mol. The summed E-state index contributed by atoms with van der Waals surface area (Å²) in [5.41, 5.74) is 0.804. The Hall–Kier alpha value is -2.46. The van der Waals surface area contributed by atoms with E-state index in [1.54, 1.807) is 15.5 Å². The number of rotatable bonds is 7. The van der Waals surface area contributed by atoms with Crippen molar-refractivity contribution in [2.45, 2.75) is 48.8 Å². The topological polar surface area (TPSA) is 101 Å². The average molecular weight is 481 g/mol. The highest BCUT2D eigenvalue weighted by atomic mass is 35.5. The lowest BCUT2D eigenvalue weighted by Crippen LogP contribution is -2.48. The molecule has 32 heavy (non-hydrogen) atoms. The Morgan fingerprint density at radius 2 is 2.03 bits per heavy atom. The summed E-state index contributed by atoms with van der Waals surface area (Å²) in [7, 11) is -3.22. The molecule has 170 valence electrons. The summed E-state index contributed by atoms with van der Waals surface area (Å²) in [5, 5.41) is 2.43. The van der Waals surface area contributed by atoms with Crippen LogP contribution in [0.25, 0.3) is 0 Å². The molecule has 1 N–H and O–H groups in total. The number of imidazole rings is 1. The molecule has 0 spiro atoms. The molecule has 2 aliphatic carbocycles. The molecule has 0 radical (unpaired) electrons. The zero-order valence-electron chi connectivity index (χ0n) is 17.2. The highest BCUT2D eigenvalue weighted by Gasteiger charge is 2.60. The summed E-state index contributed by atoms with van der Waals surface area (Å²) < 4.78 is 39.9. The Morgan fingerprint density at radius 1 is 1.28 bits per heavy atom. The summed E-state index contributed by atoms with van der Waals surface area (Å²) >= 11 is 5.67. The van der Waals surface area contributed by atoms with Gasteiger partial charge in [-0.25, -0.2) is 17.8 Å². The highest BCUT2D eigenvalue weighted by molar-refractivity contribution is 7.94. The molecule has 0 saturated heterocycles. The first-order valence-corrected chi connectivity index (χ1v) is 12.4. The molecule has 0 bridgehead atoms. The van der Waals surface area contributed by atoms with E-state index in [-0.39, 0.29) is 40.8 Å². The Bertz CT molecular complexity index is 1220. The maximum absolute atomic E-state index is 13.6. The minimum Gasteiger partial charge on any atom is -0.345 e. The van der Waals surface area contributed by atoms with Crippen LogP contribution < -0.4 is 5.32 Å². The number of nitrogens with one attached hydrogen (secondary N) is 1. The number of hydrogen-bond acceptors (Lipinski definition) is 5. The van der Waals surface area contributed by atoms with Gasteiger partial charge in [0, 0.05) is 26.2 Å². The summed E-state index contributed by atoms with van der Waals surface area (Å²) in [6, 6.07) is 4.27. The smallest absolute Gasteiger partial charge is 0.287 e. The van der Waals surface area contributed by atoms with Crippen LogP contribution in [0.1, 0.15) is 52.4 Å². The molecule has 1 aromatic heterocycles. The van der Waals surface area contributed by atoms with Crippen LogP contribution in [0.3, 0.4) is 0 Å². The van der Waals surface area contributed by atoms with Crippen LogP contribution in [0.2, 0.25) is 5.02 Å². The number of amides is 2. The van der Waals surface area contributed by atoms with Gasteiger partial charge in [0.15, 0.2) is 15.7 Å². The number of benzene rings is 1. The number of carbonyl (C=O) groups excluding carboxylic acids is 2. The molecule has 0 unspecified atom stereocenters. The Morgan fingerprint density at radius 3 is 2.69 bits per heavy atom. The SMILES string of the molecule is O=C(NCc1ccc(Cl)c(F)c1)c1ncc2n1CCN(CC1(S(=O)(=O)C3CC3)CC1)C2=O. The van der Waals surface area contributed by atoms with Crippen molar-refractivity contribution in [1.29, 1.82) is 0 Å². The summed E-state index contributed by atoms with van der Waals surface area (Å²) in [5.74, 6) is -1.28. The number of sulfone groups is 1. The van der Waals surface area contributed by atoms with Crippen molar-refractivity contribution < 1.29 is 22.4 Å². The fraction of sp³-hybridized carbons (Fsp3) is 0.476. The molecule has 2 amide bonds. The van der Waals surface area contributed by atoms with E-state index in [4.69, 9.17) is 11.6 Å². The maximum Gasteiger partial charge on any atom is 0.287 e. The first kappa shape index (κ1) is 21.4. The van der Waals surface area contributed by atoms with Gasteiger partial charge in [0.1, 0.15) is 11.5 Å². The fourth-order valence-electron chi connectivity index (χ4n) is 4.25. The van der Waals surface area contributed by atoms with E-state index < -0.39 is 26.3 Å². The van der Waals surface area contributed by atoms with Gasteiger partial charge in [-0.05, 0) is 43.4 Å². The molecule has 2 heterocycles. The molecule has 3 aliphatic rings. The largest absolute Gasteiger partial charge is 0.345 e. The fourth-order valence-corrected chi connectivity index (χ4v) is 6.84. The second-order valence-electron chi connectivity index (χ2n) is 8.70. The zero-order valence-corrected chi connectivity index (χ0v) is 18.8. The maximum atomic E-state index is 13.6. The van der Waals surface area contributed by atoms with Crippen LogP contribution >= 0.6 is 11.6 Å². The third kappa shape index (κ3) is 3.59. The molecule has 8 nitrogen and oxygen atoms in total. The first-order valence-electron chi connectivity index (χ1n) is 10.5. The predicted molar refractivity (Wildman–Crippen MR) is 115 cm³/mol. The number of carbonyl (C=O) groups is 2. The van der Waals surface area contributed by atoms with Crippen molar-refractivity contribution in [3.63, 3.8) is 0 Å². The lowest BCUT2D eigenvalue weighted by molar-refractivity contribution is 0.0698. The van der Waals surface area contributed by atoms with Gasteiger partial charge in [0.2, 0.25) is 0 Å². The normalized spacial score (nSPS) is 19.6. The van der Waals surface area contributed by atoms with Crippen LogP contribution in [-0.2, 0) is 22.9 Å². The van der Waals surface area contributed by atoms with E-state index in [0.29, 0.717) is 44.3 Å². The number of halogens is 2. The molecule has 2 fully saturated rings. The Balaban J connectivity index is 1.27. The van der Waals surface area contributed by atoms with Crippen molar-refractivity contribution >= 4 is 33.3 Å². The Labute approximate surface area is 189 Å². The molecule has 2 aromatic rings. The van der Waals surface area contributed by atoms with E-state index in [2.05, 4.69) is 10.3 Å². The van der Waals surface area contributed by atoms with E-state index in [0.717, 1.165) is 0 Å². The van der Waals surface area contributed by atoms with Crippen molar-refractivity contribution in [2.24, 2.45) is 0 Å². The van der Waals surface area contributed by atoms with Crippen LogP contribution in [0.5, 0.6) is 0 Å². The molecule has 1 aromatic carbocycles. The molecule has 0 atom stereocenters. The summed E-state index contributed by atoms with van der Waals surface area (Å²) in [6.45, 7) is 0.933. The van der Waals surface area contributed by atoms with Gasteiger partial charge >= 0.3 is 0 Å². The van der Waals surface area contributed by atoms with Crippen molar-refractivity contribution in [3.05, 3.63) is 52.3 Å². The second kappa shape index (κ2) is 7.55. The number of aromatic nitrogens is 2. The van der Waals surface area contributed by atoms with E-state index >= 15 is 0 Å². The van der Waals surface area contributed by atoms with Crippen molar-refractivity contribution in [3.8, 4) is 0 Å². The van der Waals surface area contributed by atoms with E-state index in [1.807, 2.05) is 0 Å². The lowest BCUT2D eigenvalue weighted by Gasteiger charge is -2.31. The molecule has 1 aliphatic heterocycles. The summed E-state index contributed by atoms with van der Waals surface area (Å²) in [4.78, 5) is 31.3. The number of nitrogens with zero attached hydrogens (tertiary/aromatic N) is 3. The third-order valence-corrected chi connectivity index (χ3v) is 9.85. The number of fused-ring (bicyclic) bond motifs is 1. The Kier molecular flexibility index (Phi) is 5.05. The van der Waals surface area contributed by atoms with Crippen LogP contribution in [0.4, 0.5) is 4.39 Å². The van der Waals surface area contributed by atoms with Gasteiger partial charge in [-0.15, -0.1) is 0 Å². The van der Waals surface area contributed by atoms with E-state index in [9.17, 15) is 22.4 Å². The molecule has 11 heteroatoms. The van der Waals surface area contributed by atoms with Gasteiger partial charge in [-0.2, -0.15) is 0 Å². The van der Waals surface area contributed by atoms with Gasteiger partial charge < -0.3 is 14.8 Å². The minimum atomic E-state index is -3.22. The van der Waals surface area contributed by atoms with Gasteiger partial charge in [0.05, 0.1) is 21.2 Å². The lowest BCUT2D eigenvalue weighted by atomic mass is 10.2. The quantitative estimate of drug-likeness (QED) is 0.654. The standard InChI is InChI=1S/C21H22ClFN4O4S/c22-15-4-1-13(9-16(15)23)10-25-19(28)18-24-11-17-20(29)26(7-8-27(17)18)12-21(5-6-21)32(30,31)14-2-3-14/h1,4,9,11,14H,2-3,5-8,10,12H2,(H,25,28). The summed E-state index contributed by atoms with van der Waals surface area (Å²) in [6.07, 6.45) is 3.96. The van der Waals surface area contributed by atoms with Gasteiger partial charge in [-0.1, -0.05) is 17.7 Å². The van der Waals surface area contributed by atoms with Crippen molar-refractivity contribution in [2.75, 3.05) is 13.1 Å². The van der Waals surface area contributed by atoms with Crippen LogP contribution in [0, 0.1) is 5.82 Å². The van der Waals surface area contributed by atoms with Crippen LogP contribution in [-0.4, -0.2) is 57.8 Å². The highest BCUT2D eigenvalue weighted by Crippen LogP contribution is 2.50. The molecule has 5 rings (SSSR count).